The number of benzene rings is 1. The van der Waals surface area contributed by atoms with E-state index >= 15 is 0 Å². The number of carboxylic acid groups (broad SMARTS) is 1. The summed E-state index contributed by atoms with van der Waals surface area (Å²) in [5, 5.41) is 15.1. The second-order valence-electron chi connectivity index (χ2n) is 6.02. The Morgan fingerprint density at radius 1 is 1.19 bits per heavy atom. The van der Waals surface area contributed by atoms with E-state index in [1.54, 1.807) is 0 Å². The van der Waals surface area contributed by atoms with E-state index in [-0.39, 0.29) is 28.7 Å². The Balaban J connectivity index is 2.04. The van der Waals surface area contributed by atoms with Gasteiger partial charge in [-0.05, 0) is 30.2 Å². The van der Waals surface area contributed by atoms with Crippen LogP contribution in [0, 0.1) is 5.92 Å². The van der Waals surface area contributed by atoms with Crippen LogP contribution >= 0.6 is 0 Å². The van der Waals surface area contributed by atoms with Crippen LogP contribution in [-0.2, 0) is 21.4 Å². The Bertz CT molecular complexity index is 888. The van der Waals surface area contributed by atoms with Gasteiger partial charge in [0, 0.05) is 24.4 Å². The Morgan fingerprint density at radius 2 is 1.85 bits per heavy atom. The average molecular weight is 380 g/mol. The number of carboxylic acids is 1. The van der Waals surface area contributed by atoms with Crippen LogP contribution in [0.25, 0.3) is 0 Å². The number of hydrogen-bond acceptors (Lipinski definition) is 5. The van der Waals surface area contributed by atoms with Gasteiger partial charge in [-0.2, -0.15) is 5.10 Å². The Labute approximate surface area is 151 Å². The van der Waals surface area contributed by atoms with Gasteiger partial charge in [-0.15, -0.1) is 0 Å². The van der Waals surface area contributed by atoms with Crippen LogP contribution in [0.4, 0.5) is 5.82 Å². The van der Waals surface area contributed by atoms with Crippen LogP contribution in [0.1, 0.15) is 24.2 Å². The van der Waals surface area contributed by atoms with Gasteiger partial charge in [0.2, 0.25) is 10.0 Å². The van der Waals surface area contributed by atoms with Crippen molar-refractivity contribution in [2.45, 2.75) is 25.3 Å². The molecule has 2 rings (SSSR count). The van der Waals surface area contributed by atoms with Crippen LogP contribution in [0.5, 0.6) is 0 Å². The summed E-state index contributed by atoms with van der Waals surface area (Å²) in [7, 11) is -3.62. The van der Waals surface area contributed by atoms with Gasteiger partial charge in [0.05, 0.1) is 4.90 Å². The van der Waals surface area contributed by atoms with Gasteiger partial charge in [0.15, 0.2) is 5.82 Å². The average Bonchev–Trinajstić information content (AvgIpc) is 2.99. The number of anilines is 1. The predicted octanol–water partition coefficient (Wildman–Crippen LogP) is 1.15. The third-order valence-corrected chi connectivity index (χ3v) is 4.73. The van der Waals surface area contributed by atoms with Gasteiger partial charge >= 0.3 is 5.97 Å². The van der Waals surface area contributed by atoms with Crippen LogP contribution in [0.3, 0.4) is 0 Å². The molecule has 10 heteroatoms. The topological polar surface area (TPSA) is 130 Å². The monoisotopic (exact) mass is 380 g/mol. The lowest BCUT2D eigenvalue weighted by atomic mass is 10.2. The van der Waals surface area contributed by atoms with Crippen LogP contribution in [0.15, 0.2) is 41.4 Å². The third kappa shape index (κ3) is 5.39. The lowest BCUT2D eigenvalue weighted by Crippen LogP contribution is -2.27. The zero-order valence-electron chi connectivity index (χ0n) is 14.3. The van der Waals surface area contributed by atoms with Gasteiger partial charge < -0.3 is 10.4 Å². The molecule has 26 heavy (non-hydrogen) atoms. The standard InChI is InChI=1S/C16H20N4O5S/c1-11(2)9-17-26(24,25)13-5-3-12(4-6-13)16(23)18-14-7-8-20(19-14)10-15(21)22/h3-8,11,17H,9-10H2,1-2H3,(H,21,22)(H,18,19,23). The van der Waals surface area contributed by atoms with Crippen molar-refractivity contribution < 1.29 is 23.1 Å². The highest BCUT2D eigenvalue weighted by molar-refractivity contribution is 7.89. The maximum Gasteiger partial charge on any atom is 0.325 e. The number of nitrogens with zero attached hydrogens (tertiary/aromatic N) is 2. The highest BCUT2D eigenvalue weighted by Crippen LogP contribution is 2.12. The van der Waals surface area contributed by atoms with E-state index in [4.69, 9.17) is 5.11 Å². The first-order valence-electron chi connectivity index (χ1n) is 7.83. The first kappa shape index (κ1) is 19.6. The molecular weight excluding hydrogens is 360 g/mol. The van der Waals surface area contributed by atoms with Crippen molar-refractivity contribution in [1.82, 2.24) is 14.5 Å². The molecule has 140 valence electrons. The smallest absolute Gasteiger partial charge is 0.325 e. The maximum absolute atomic E-state index is 12.2. The summed E-state index contributed by atoms with van der Waals surface area (Å²) >= 11 is 0. The zero-order valence-corrected chi connectivity index (χ0v) is 15.2. The molecule has 1 aromatic carbocycles. The molecule has 0 saturated heterocycles. The van der Waals surface area contributed by atoms with Gasteiger partial charge in [-0.3, -0.25) is 14.3 Å². The van der Waals surface area contributed by atoms with Gasteiger partial charge in [-0.1, -0.05) is 13.8 Å². The SMILES string of the molecule is CC(C)CNS(=O)(=O)c1ccc(C(=O)Nc2ccn(CC(=O)O)n2)cc1. The fraction of sp³-hybridized carbons (Fsp3) is 0.312. The number of rotatable bonds is 8. The fourth-order valence-corrected chi connectivity index (χ4v) is 3.20. The van der Waals surface area contributed by atoms with Crippen molar-refractivity contribution in [2.75, 3.05) is 11.9 Å². The first-order valence-corrected chi connectivity index (χ1v) is 9.32. The Morgan fingerprint density at radius 3 is 2.42 bits per heavy atom. The minimum Gasteiger partial charge on any atom is -0.480 e. The zero-order chi connectivity index (χ0) is 19.3. The second-order valence-corrected chi connectivity index (χ2v) is 7.78. The number of aromatic nitrogens is 2. The number of aliphatic carboxylic acids is 1. The molecule has 2 aromatic rings. The van der Waals surface area contributed by atoms with Crippen LogP contribution in [0.2, 0.25) is 0 Å². The maximum atomic E-state index is 12.2. The van der Waals surface area contributed by atoms with E-state index in [9.17, 15) is 18.0 Å². The van der Waals surface area contributed by atoms with E-state index < -0.39 is 21.9 Å². The molecule has 0 saturated carbocycles. The van der Waals surface area contributed by atoms with Gasteiger partial charge in [0.25, 0.3) is 5.91 Å². The number of sulfonamides is 1. The Kier molecular flexibility index (Phi) is 6.11. The van der Waals surface area contributed by atoms with Crippen molar-refractivity contribution in [2.24, 2.45) is 5.92 Å². The molecule has 9 nitrogen and oxygen atoms in total. The summed E-state index contributed by atoms with van der Waals surface area (Å²) in [4.78, 5) is 22.9. The summed E-state index contributed by atoms with van der Waals surface area (Å²) < 4.78 is 27.9. The van der Waals surface area contributed by atoms with E-state index in [0.717, 1.165) is 0 Å². The minimum atomic E-state index is -3.62. The van der Waals surface area contributed by atoms with E-state index in [1.165, 1.54) is 41.2 Å². The molecule has 0 aliphatic carbocycles. The molecule has 0 radical (unpaired) electrons. The molecule has 0 atom stereocenters. The lowest BCUT2D eigenvalue weighted by molar-refractivity contribution is -0.137. The van der Waals surface area contributed by atoms with Crippen LogP contribution < -0.4 is 10.0 Å². The molecule has 0 fully saturated rings. The summed E-state index contributed by atoms with van der Waals surface area (Å²) in [5.74, 6) is -1.15. The minimum absolute atomic E-state index is 0.0698. The summed E-state index contributed by atoms with van der Waals surface area (Å²) in [6.45, 7) is 3.80. The molecule has 1 aromatic heterocycles. The highest BCUT2D eigenvalue weighted by atomic mass is 32.2. The van der Waals surface area contributed by atoms with Crippen molar-refractivity contribution >= 4 is 27.7 Å². The predicted molar refractivity (Wildman–Crippen MR) is 94.3 cm³/mol. The molecule has 0 spiro atoms. The number of nitrogens with one attached hydrogen (secondary N) is 2. The quantitative estimate of drug-likeness (QED) is 0.630. The van der Waals surface area contributed by atoms with Crippen molar-refractivity contribution in [3.63, 3.8) is 0 Å². The molecule has 1 heterocycles. The second kappa shape index (κ2) is 8.11. The summed E-state index contributed by atoms with van der Waals surface area (Å²) in [6.07, 6.45) is 1.43. The van der Waals surface area contributed by atoms with Crippen molar-refractivity contribution in [1.29, 1.82) is 0 Å². The van der Waals surface area contributed by atoms with E-state index in [0.29, 0.717) is 6.54 Å². The van der Waals surface area contributed by atoms with Crippen molar-refractivity contribution in [3.8, 4) is 0 Å². The summed E-state index contributed by atoms with van der Waals surface area (Å²) in [5.41, 5.74) is 0.251. The largest absolute Gasteiger partial charge is 0.480 e. The highest BCUT2D eigenvalue weighted by Gasteiger charge is 2.15. The van der Waals surface area contributed by atoms with Crippen molar-refractivity contribution in [3.05, 3.63) is 42.1 Å². The van der Waals surface area contributed by atoms with E-state index in [1.807, 2.05) is 13.8 Å². The molecule has 0 aliphatic heterocycles. The fourth-order valence-electron chi connectivity index (χ4n) is 1.99. The first-order chi connectivity index (χ1) is 12.2. The molecule has 0 aliphatic rings. The normalized spacial score (nSPS) is 11.5. The van der Waals surface area contributed by atoms with Gasteiger partial charge in [0.1, 0.15) is 6.54 Å². The summed E-state index contributed by atoms with van der Waals surface area (Å²) in [6, 6.07) is 6.96. The third-order valence-electron chi connectivity index (χ3n) is 3.29. The molecule has 0 unspecified atom stereocenters. The van der Waals surface area contributed by atoms with Crippen LogP contribution in [-0.4, -0.2) is 41.7 Å². The number of carbonyl (C=O) groups excluding carboxylic acids is 1. The van der Waals surface area contributed by atoms with Gasteiger partial charge in [-0.25, -0.2) is 13.1 Å². The number of carbonyl (C=O) groups is 2. The molecular formula is C16H20N4O5S. The molecule has 3 N–H and O–H groups in total. The molecule has 1 amide bonds. The number of amides is 1. The lowest BCUT2D eigenvalue weighted by Gasteiger charge is -2.09. The number of hydrogen-bond donors (Lipinski definition) is 3. The molecule has 0 bridgehead atoms. The van der Waals surface area contributed by atoms with E-state index in [2.05, 4.69) is 15.1 Å². The Hall–Kier alpha value is -2.72.